The Hall–Kier alpha value is -1.94. The van der Waals surface area contributed by atoms with Gasteiger partial charge in [-0.2, -0.15) is 0 Å². The zero-order valence-corrected chi connectivity index (χ0v) is 11.3. The topological polar surface area (TPSA) is 49.4 Å². The molecule has 0 saturated carbocycles. The standard InChI is InChI=1S/C16H18N2O2/c17-13-2-1-3-14-12(13)6-7-18(14)11-4-5-15-16(10-11)20-9-8-19-15/h4-7,10,13H,1-3,8-9,17H2. The number of benzene rings is 1. The highest BCUT2D eigenvalue weighted by molar-refractivity contribution is 5.51. The van der Waals surface area contributed by atoms with E-state index in [1.807, 2.05) is 6.07 Å². The zero-order chi connectivity index (χ0) is 13.5. The fourth-order valence-corrected chi connectivity index (χ4v) is 3.15. The molecule has 1 unspecified atom stereocenters. The predicted molar refractivity (Wildman–Crippen MR) is 76.6 cm³/mol. The lowest BCUT2D eigenvalue weighted by Crippen LogP contribution is -2.18. The van der Waals surface area contributed by atoms with Crippen molar-refractivity contribution in [1.82, 2.24) is 4.57 Å². The molecule has 2 aliphatic rings. The first kappa shape index (κ1) is 11.9. The maximum absolute atomic E-state index is 6.19. The summed E-state index contributed by atoms with van der Waals surface area (Å²) in [7, 11) is 0. The summed E-state index contributed by atoms with van der Waals surface area (Å²) in [6.45, 7) is 1.24. The fourth-order valence-electron chi connectivity index (χ4n) is 3.15. The van der Waals surface area contributed by atoms with Crippen LogP contribution in [0, 0.1) is 0 Å². The van der Waals surface area contributed by atoms with Gasteiger partial charge in [0.05, 0.1) is 0 Å². The average molecular weight is 270 g/mol. The van der Waals surface area contributed by atoms with E-state index in [9.17, 15) is 0 Å². The molecule has 4 heteroatoms. The molecule has 0 saturated heterocycles. The van der Waals surface area contributed by atoms with Gasteiger partial charge in [0.15, 0.2) is 11.5 Å². The van der Waals surface area contributed by atoms with Gasteiger partial charge in [0, 0.05) is 29.7 Å². The van der Waals surface area contributed by atoms with Crippen molar-refractivity contribution in [3.8, 4) is 17.2 Å². The average Bonchev–Trinajstić information content (AvgIpc) is 2.92. The smallest absolute Gasteiger partial charge is 0.163 e. The second-order valence-electron chi connectivity index (χ2n) is 5.41. The fraction of sp³-hybridized carbons (Fsp3) is 0.375. The van der Waals surface area contributed by atoms with Crippen molar-refractivity contribution < 1.29 is 9.47 Å². The highest BCUT2D eigenvalue weighted by Gasteiger charge is 2.21. The van der Waals surface area contributed by atoms with E-state index >= 15 is 0 Å². The molecule has 1 aromatic carbocycles. The van der Waals surface area contributed by atoms with E-state index in [1.165, 1.54) is 11.3 Å². The van der Waals surface area contributed by atoms with E-state index in [2.05, 4.69) is 29.0 Å². The van der Waals surface area contributed by atoms with Gasteiger partial charge in [-0.15, -0.1) is 0 Å². The molecular formula is C16H18N2O2. The van der Waals surface area contributed by atoms with Crippen molar-refractivity contribution in [1.29, 1.82) is 0 Å². The maximum atomic E-state index is 6.19. The van der Waals surface area contributed by atoms with Crippen molar-refractivity contribution in [3.05, 3.63) is 41.7 Å². The summed E-state index contributed by atoms with van der Waals surface area (Å²) >= 11 is 0. The molecule has 2 aromatic rings. The van der Waals surface area contributed by atoms with Crippen LogP contribution in [0.2, 0.25) is 0 Å². The van der Waals surface area contributed by atoms with Crippen LogP contribution in [-0.2, 0) is 6.42 Å². The molecule has 1 aromatic heterocycles. The van der Waals surface area contributed by atoms with Crippen molar-refractivity contribution >= 4 is 0 Å². The predicted octanol–water partition coefficient (Wildman–Crippen LogP) is 2.58. The lowest BCUT2D eigenvalue weighted by molar-refractivity contribution is 0.171. The molecule has 1 aliphatic carbocycles. The second kappa shape index (κ2) is 4.56. The van der Waals surface area contributed by atoms with Crippen LogP contribution in [0.4, 0.5) is 0 Å². The van der Waals surface area contributed by atoms with Gasteiger partial charge in [0.2, 0.25) is 0 Å². The van der Waals surface area contributed by atoms with Gasteiger partial charge in [-0.1, -0.05) is 0 Å². The molecule has 1 aliphatic heterocycles. The minimum absolute atomic E-state index is 0.178. The van der Waals surface area contributed by atoms with E-state index in [-0.39, 0.29) is 6.04 Å². The van der Waals surface area contributed by atoms with Crippen LogP contribution in [-0.4, -0.2) is 17.8 Å². The largest absolute Gasteiger partial charge is 0.486 e. The summed E-state index contributed by atoms with van der Waals surface area (Å²) in [5, 5.41) is 0. The van der Waals surface area contributed by atoms with Gasteiger partial charge in [0.25, 0.3) is 0 Å². The van der Waals surface area contributed by atoms with Gasteiger partial charge < -0.3 is 19.8 Å². The molecule has 2 N–H and O–H groups in total. The summed E-state index contributed by atoms with van der Waals surface area (Å²) in [4.78, 5) is 0. The molecule has 0 spiro atoms. The third-order valence-corrected chi connectivity index (χ3v) is 4.16. The SMILES string of the molecule is NC1CCCc2c1ccn2-c1ccc2c(c1)OCCO2. The minimum atomic E-state index is 0.178. The van der Waals surface area contributed by atoms with Crippen LogP contribution in [0.1, 0.15) is 30.1 Å². The Labute approximate surface area is 118 Å². The number of hydrogen-bond donors (Lipinski definition) is 1. The number of hydrogen-bond acceptors (Lipinski definition) is 3. The third-order valence-electron chi connectivity index (χ3n) is 4.16. The quantitative estimate of drug-likeness (QED) is 0.866. The Bertz CT molecular complexity index is 648. The summed E-state index contributed by atoms with van der Waals surface area (Å²) < 4.78 is 13.5. The molecule has 2 heterocycles. The Morgan fingerprint density at radius 2 is 1.95 bits per heavy atom. The van der Waals surface area contributed by atoms with Crippen molar-refractivity contribution in [2.24, 2.45) is 5.73 Å². The Balaban J connectivity index is 1.78. The molecular weight excluding hydrogens is 252 g/mol. The van der Waals surface area contributed by atoms with E-state index in [0.717, 1.165) is 36.4 Å². The second-order valence-corrected chi connectivity index (χ2v) is 5.41. The van der Waals surface area contributed by atoms with Crippen LogP contribution in [0.25, 0.3) is 5.69 Å². The first-order valence-electron chi connectivity index (χ1n) is 7.18. The molecule has 0 bridgehead atoms. The molecule has 20 heavy (non-hydrogen) atoms. The Morgan fingerprint density at radius 1 is 1.10 bits per heavy atom. The Kier molecular flexibility index (Phi) is 2.70. The van der Waals surface area contributed by atoms with Gasteiger partial charge in [-0.05, 0) is 43.0 Å². The van der Waals surface area contributed by atoms with Gasteiger partial charge in [-0.25, -0.2) is 0 Å². The number of rotatable bonds is 1. The van der Waals surface area contributed by atoms with E-state index in [0.29, 0.717) is 13.2 Å². The zero-order valence-electron chi connectivity index (χ0n) is 11.3. The van der Waals surface area contributed by atoms with Crippen molar-refractivity contribution in [2.45, 2.75) is 25.3 Å². The van der Waals surface area contributed by atoms with Crippen LogP contribution in [0.15, 0.2) is 30.5 Å². The molecule has 4 nitrogen and oxygen atoms in total. The van der Waals surface area contributed by atoms with E-state index < -0.39 is 0 Å². The van der Waals surface area contributed by atoms with Crippen molar-refractivity contribution in [2.75, 3.05) is 13.2 Å². The van der Waals surface area contributed by atoms with E-state index in [1.54, 1.807) is 0 Å². The minimum Gasteiger partial charge on any atom is -0.486 e. The Morgan fingerprint density at radius 3 is 2.85 bits per heavy atom. The number of ether oxygens (including phenoxy) is 2. The lowest BCUT2D eigenvalue weighted by atomic mass is 9.93. The van der Waals surface area contributed by atoms with Crippen molar-refractivity contribution in [3.63, 3.8) is 0 Å². The molecule has 0 fully saturated rings. The van der Waals surface area contributed by atoms with Gasteiger partial charge >= 0.3 is 0 Å². The number of fused-ring (bicyclic) bond motifs is 2. The summed E-state index contributed by atoms with van der Waals surface area (Å²) in [6.07, 6.45) is 5.44. The van der Waals surface area contributed by atoms with Gasteiger partial charge in [-0.3, -0.25) is 0 Å². The third kappa shape index (κ3) is 1.79. The monoisotopic (exact) mass is 270 g/mol. The summed E-state index contributed by atoms with van der Waals surface area (Å²) in [6, 6.07) is 8.44. The number of aromatic nitrogens is 1. The molecule has 104 valence electrons. The van der Waals surface area contributed by atoms with Crippen LogP contribution in [0.5, 0.6) is 11.5 Å². The van der Waals surface area contributed by atoms with Crippen LogP contribution in [0.3, 0.4) is 0 Å². The normalized spacial score (nSPS) is 20.6. The number of nitrogens with zero attached hydrogens (tertiary/aromatic N) is 1. The van der Waals surface area contributed by atoms with Crippen LogP contribution >= 0.6 is 0 Å². The lowest BCUT2D eigenvalue weighted by Gasteiger charge is -2.22. The first-order valence-corrected chi connectivity index (χ1v) is 7.18. The maximum Gasteiger partial charge on any atom is 0.163 e. The molecule has 0 radical (unpaired) electrons. The van der Waals surface area contributed by atoms with Gasteiger partial charge in [0.1, 0.15) is 13.2 Å². The molecule has 0 amide bonds. The molecule has 4 rings (SSSR count). The van der Waals surface area contributed by atoms with Crippen LogP contribution < -0.4 is 15.2 Å². The first-order chi connectivity index (χ1) is 9.83. The molecule has 1 atom stereocenters. The summed E-state index contributed by atoms with van der Waals surface area (Å²) in [5.74, 6) is 1.66. The highest BCUT2D eigenvalue weighted by Crippen LogP contribution is 2.35. The highest BCUT2D eigenvalue weighted by atomic mass is 16.6. The summed E-state index contributed by atoms with van der Waals surface area (Å²) in [5.41, 5.74) is 9.92. The number of nitrogens with two attached hydrogens (primary N) is 1. The van der Waals surface area contributed by atoms with E-state index in [4.69, 9.17) is 15.2 Å².